The molecule has 0 atom stereocenters. The summed E-state index contributed by atoms with van der Waals surface area (Å²) < 4.78 is 18.8. The zero-order valence-corrected chi connectivity index (χ0v) is 18.9. The zero-order chi connectivity index (χ0) is 23.8. The molecule has 0 spiro atoms. The summed E-state index contributed by atoms with van der Waals surface area (Å²) in [7, 11) is 1.53. The van der Waals surface area contributed by atoms with Crippen molar-refractivity contribution in [1.29, 1.82) is 0 Å². The Morgan fingerprint density at radius 1 is 1.06 bits per heavy atom. The van der Waals surface area contributed by atoms with E-state index in [4.69, 9.17) is 22.1 Å². The number of halogens is 2. The van der Waals surface area contributed by atoms with E-state index in [-0.39, 0.29) is 23.9 Å². The van der Waals surface area contributed by atoms with Crippen LogP contribution in [0.25, 0.3) is 0 Å². The zero-order valence-electron chi connectivity index (χ0n) is 18.2. The van der Waals surface area contributed by atoms with E-state index in [1.165, 1.54) is 25.3 Å². The molecule has 0 unspecified atom stereocenters. The first-order valence-electron chi connectivity index (χ1n) is 10.4. The predicted molar refractivity (Wildman–Crippen MR) is 127 cm³/mol. The molecule has 33 heavy (non-hydrogen) atoms. The molecule has 2 amide bonds. The van der Waals surface area contributed by atoms with Crippen LogP contribution >= 0.6 is 11.6 Å². The maximum absolute atomic E-state index is 13.6. The summed E-state index contributed by atoms with van der Waals surface area (Å²) in [6.07, 6.45) is 0.574. The molecule has 0 heterocycles. The Morgan fingerprint density at radius 3 is 2.55 bits per heavy atom. The number of amides is 2. The summed E-state index contributed by atoms with van der Waals surface area (Å²) in [6.45, 7) is 0.955. The Morgan fingerprint density at radius 2 is 1.82 bits per heavy atom. The van der Waals surface area contributed by atoms with Crippen LogP contribution in [0.2, 0.25) is 5.02 Å². The number of rotatable bonds is 9. The van der Waals surface area contributed by atoms with Crippen LogP contribution < -0.4 is 15.8 Å². The fourth-order valence-electron chi connectivity index (χ4n) is 3.29. The topological polar surface area (TPSA) is 84.7 Å². The number of ether oxygens (including phenoxy) is 1. The van der Waals surface area contributed by atoms with Gasteiger partial charge in [0.15, 0.2) is 0 Å². The van der Waals surface area contributed by atoms with Gasteiger partial charge in [0.1, 0.15) is 11.6 Å². The minimum absolute atomic E-state index is 0.178. The van der Waals surface area contributed by atoms with Crippen LogP contribution in [-0.4, -0.2) is 36.9 Å². The molecule has 0 saturated carbocycles. The lowest BCUT2D eigenvalue weighted by Crippen LogP contribution is -2.32. The maximum atomic E-state index is 13.6. The van der Waals surface area contributed by atoms with Crippen LogP contribution in [0.15, 0.2) is 66.7 Å². The first-order chi connectivity index (χ1) is 15.9. The van der Waals surface area contributed by atoms with Gasteiger partial charge in [-0.3, -0.25) is 9.59 Å². The van der Waals surface area contributed by atoms with Crippen molar-refractivity contribution in [2.75, 3.05) is 25.5 Å². The average Bonchev–Trinajstić information content (AvgIpc) is 2.83. The number of hydrogen-bond donors (Lipinski definition) is 2. The first-order valence-corrected chi connectivity index (χ1v) is 10.8. The average molecular weight is 470 g/mol. The summed E-state index contributed by atoms with van der Waals surface area (Å²) in [6, 6.07) is 17.4. The molecule has 172 valence electrons. The standard InChI is InChI=1S/C25H25ClFN3O3/c1-33-22-8-3-5-17(15-22)24(31)29-21-9-10-23(26)19(14-21)16-30(12-4-11-28)25(32)18-6-2-7-20(27)13-18/h2-3,5-10,13-15H,4,11-12,16,28H2,1H3,(H,29,31). The van der Waals surface area contributed by atoms with E-state index in [9.17, 15) is 14.0 Å². The summed E-state index contributed by atoms with van der Waals surface area (Å²) in [4.78, 5) is 27.2. The highest BCUT2D eigenvalue weighted by Gasteiger charge is 2.18. The number of carbonyl (C=O) groups is 2. The van der Waals surface area contributed by atoms with Gasteiger partial charge in [-0.15, -0.1) is 0 Å². The van der Waals surface area contributed by atoms with Gasteiger partial charge in [0, 0.05) is 34.9 Å². The Labute approximate surface area is 197 Å². The van der Waals surface area contributed by atoms with Gasteiger partial charge in [0.2, 0.25) is 0 Å². The molecule has 0 bridgehead atoms. The summed E-state index contributed by atoms with van der Waals surface area (Å²) in [5.74, 6) is -0.548. The minimum atomic E-state index is -0.486. The SMILES string of the molecule is COc1cccc(C(=O)Nc2ccc(Cl)c(CN(CCCN)C(=O)c3cccc(F)c3)c2)c1. The highest BCUT2D eigenvalue weighted by atomic mass is 35.5. The lowest BCUT2D eigenvalue weighted by atomic mass is 10.1. The third-order valence-electron chi connectivity index (χ3n) is 4.99. The Kier molecular flexibility index (Phi) is 8.40. The number of methoxy groups -OCH3 is 1. The van der Waals surface area contributed by atoms with Gasteiger partial charge in [0.25, 0.3) is 11.8 Å². The predicted octanol–water partition coefficient (Wildman–Crippen LogP) is 4.73. The fraction of sp³-hybridized carbons (Fsp3) is 0.200. The van der Waals surface area contributed by atoms with Crippen molar-refractivity contribution in [2.24, 2.45) is 5.73 Å². The molecule has 3 rings (SSSR count). The fourth-order valence-corrected chi connectivity index (χ4v) is 3.46. The largest absolute Gasteiger partial charge is 0.497 e. The van der Waals surface area contributed by atoms with Crippen molar-refractivity contribution in [2.45, 2.75) is 13.0 Å². The van der Waals surface area contributed by atoms with Crippen molar-refractivity contribution in [3.05, 3.63) is 94.3 Å². The quantitative estimate of drug-likeness (QED) is 0.474. The molecule has 0 aromatic heterocycles. The van der Waals surface area contributed by atoms with Crippen molar-refractivity contribution in [3.8, 4) is 5.75 Å². The Bertz CT molecular complexity index is 1140. The van der Waals surface area contributed by atoms with Gasteiger partial charge in [0.05, 0.1) is 7.11 Å². The van der Waals surface area contributed by atoms with Crippen molar-refractivity contribution >= 4 is 29.1 Å². The molecule has 3 N–H and O–H groups in total. The lowest BCUT2D eigenvalue weighted by molar-refractivity contribution is 0.0741. The molecule has 0 fully saturated rings. The number of hydrogen-bond acceptors (Lipinski definition) is 4. The molecular formula is C25H25ClFN3O3. The number of anilines is 1. The smallest absolute Gasteiger partial charge is 0.255 e. The van der Waals surface area contributed by atoms with E-state index in [1.54, 1.807) is 53.4 Å². The molecule has 6 nitrogen and oxygen atoms in total. The molecule has 0 aliphatic heterocycles. The van der Waals surface area contributed by atoms with Gasteiger partial charge < -0.3 is 20.7 Å². The summed E-state index contributed by atoms with van der Waals surface area (Å²) in [5, 5.41) is 3.28. The first kappa shape index (κ1) is 24.2. The molecule has 3 aromatic rings. The highest BCUT2D eigenvalue weighted by Crippen LogP contribution is 2.24. The summed E-state index contributed by atoms with van der Waals surface area (Å²) >= 11 is 6.39. The van der Waals surface area contributed by atoms with Crippen LogP contribution in [-0.2, 0) is 6.54 Å². The molecule has 0 aliphatic carbocycles. The number of nitrogens with one attached hydrogen (secondary N) is 1. The molecule has 0 radical (unpaired) electrons. The van der Waals surface area contributed by atoms with Crippen molar-refractivity contribution in [1.82, 2.24) is 4.90 Å². The minimum Gasteiger partial charge on any atom is -0.497 e. The van der Waals surface area contributed by atoms with Gasteiger partial charge in [-0.2, -0.15) is 0 Å². The molecule has 0 saturated heterocycles. The molecule has 3 aromatic carbocycles. The van der Waals surface area contributed by atoms with E-state index < -0.39 is 5.82 Å². The van der Waals surface area contributed by atoms with Crippen LogP contribution in [0.5, 0.6) is 5.75 Å². The van der Waals surface area contributed by atoms with E-state index in [0.29, 0.717) is 47.1 Å². The van der Waals surface area contributed by atoms with Crippen LogP contribution in [0.1, 0.15) is 32.7 Å². The number of carbonyl (C=O) groups excluding carboxylic acids is 2. The van der Waals surface area contributed by atoms with Gasteiger partial charge >= 0.3 is 0 Å². The number of nitrogens with two attached hydrogens (primary N) is 1. The Hall–Kier alpha value is -3.42. The van der Waals surface area contributed by atoms with Crippen LogP contribution in [0, 0.1) is 5.82 Å². The normalized spacial score (nSPS) is 10.5. The van der Waals surface area contributed by atoms with E-state index >= 15 is 0 Å². The van der Waals surface area contributed by atoms with E-state index in [1.807, 2.05) is 0 Å². The third kappa shape index (κ3) is 6.54. The monoisotopic (exact) mass is 469 g/mol. The summed E-state index contributed by atoms with van der Waals surface area (Å²) in [5.41, 5.74) is 7.49. The molecule has 0 aliphatic rings. The second kappa shape index (κ2) is 11.4. The maximum Gasteiger partial charge on any atom is 0.255 e. The van der Waals surface area contributed by atoms with Crippen molar-refractivity contribution < 1.29 is 18.7 Å². The third-order valence-corrected chi connectivity index (χ3v) is 5.36. The van der Waals surface area contributed by atoms with Gasteiger partial charge in [-0.25, -0.2) is 4.39 Å². The molecular weight excluding hydrogens is 445 g/mol. The van der Waals surface area contributed by atoms with E-state index in [0.717, 1.165) is 0 Å². The van der Waals surface area contributed by atoms with Gasteiger partial charge in [-0.05, 0) is 73.1 Å². The second-order valence-corrected chi connectivity index (χ2v) is 7.78. The lowest BCUT2D eigenvalue weighted by Gasteiger charge is -2.24. The Balaban J connectivity index is 1.81. The van der Waals surface area contributed by atoms with Crippen LogP contribution in [0.4, 0.5) is 10.1 Å². The highest BCUT2D eigenvalue weighted by molar-refractivity contribution is 6.31. The number of benzene rings is 3. The second-order valence-electron chi connectivity index (χ2n) is 7.37. The molecule has 8 heteroatoms. The van der Waals surface area contributed by atoms with Crippen LogP contribution in [0.3, 0.4) is 0 Å². The number of nitrogens with zero attached hydrogens (tertiary/aromatic N) is 1. The van der Waals surface area contributed by atoms with Gasteiger partial charge in [-0.1, -0.05) is 23.7 Å². The van der Waals surface area contributed by atoms with E-state index in [2.05, 4.69) is 5.32 Å². The van der Waals surface area contributed by atoms with Crippen molar-refractivity contribution in [3.63, 3.8) is 0 Å².